The number of hydrogen-bond donors (Lipinski definition) is 1. The summed E-state index contributed by atoms with van der Waals surface area (Å²) in [5, 5.41) is 13.3. The third-order valence-electron chi connectivity index (χ3n) is 2.69. The summed E-state index contributed by atoms with van der Waals surface area (Å²) in [6, 6.07) is 9.21. The van der Waals surface area contributed by atoms with Crippen LogP contribution in [0, 0.1) is 28.3 Å². The highest BCUT2D eigenvalue weighted by atomic mass is 19.1. The van der Waals surface area contributed by atoms with Gasteiger partial charge < -0.3 is 5.32 Å². The molecular formula is C15H9FN2O3. The summed E-state index contributed by atoms with van der Waals surface area (Å²) >= 11 is 0. The molecule has 0 aliphatic rings. The number of nitrogens with zero attached hydrogens (tertiary/aromatic N) is 1. The highest BCUT2D eigenvalue weighted by molar-refractivity contribution is 6.07. The van der Waals surface area contributed by atoms with Crippen molar-refractivity contribution in [2.24, 2.45) is 0 Å². The lowest BCUT2D eigenvalue weighted by Gasteiger charge is -2.06. The predicted octanol–water partition coefficient (Wildman–Crippen LogP) is 2.97. The smallest absolute Gasteiger partial charge is 0.285 e. The molecule has 0 unspecified atom stereocenters. The van der Waals surface area contributed by atoms with Crippen LogP contribution in [0.25, 0.3) is 0 Å². The first kappa shape index (κ1) is 14.2. The Labute approximate surface area is 119 Å². The third kappa shape index (κ3) is 3.22. The van der Waals surface area contributed by atoms with E-state index in [0.29, 0.717) is 17.3 Å². The van der Waals surface area contributed by atoms with Gasteiger partial charge in [0.2, 0.25) is 0 Å². The number of carbonyl (C=O) groups excluding carboxylic acids is 1. The number of nitro groups is 1. The van der Waals surface area contributed by atoms with Gasteiger partial charge in [-0.05, 0) is 30.3 Å². The summed E-state index contributed by atoms with van der Waals surface area (Å²) in [6.07, 6.45) is 5.25. The summed E-state index contributed by atoms with van der Waals surface area (Å²) in [4.78, 5) is 22.1. The molecule has 1 amide bonds. The van der Waals surface area contributed by atoms with E-state index in [-0.39, 0.29) is 5.56 Å². The minimum atomic E-state index is -0.810. The lowest BCUT2D eigenvalue weighted by molar-refractivity contribution is -0.385. The van der Waals surface area contributed by atoms with Crippen LogP contribution in [0.1, 0.15) is 15.9 Å². The monoisotopic (exact) mass is 284 g/mol. The van der Waals surface area contributed by atoms with E-state index in [1.54, 1.807) is 24.3 Å². The predicted molar refractivity (Wildman–Crippen MR) is 75.4 cm³/mol. The molecule has 5 nitrogen and oxygen atoms in total. The number of rotatable bonds is 3. The zero-order chi connectivity index (χ0) is 15.4. The van der Waals surface area contributed by atoms with Crippen molar-refractivity contribution in [3.05, 3.63) is 69.5 Å². The molecule has 104 valence electrons. The maximum absolute atomic E-state index is 13.0. The highest BCUT2D eigenvalue weighted by Gasteiger charge is 2.21. The molecule has 2 aromatic rings. The number of halogens is 1. The SMILES string of the molecule is C#Cc1cccc(NC(=O)c2ccc(F)cc2[N+](=O)[O-])c1. The second kappa shape index (κ2) is 5.84. The van der Waals surface area contributed by atoms with Crippen LogP contribution in [0.15, 0.2) is 42.5 Å². The van der Waals surface area contributed by atoms with Gasteiger partial charge in [-0.3, -0.25) is 14.9 Å². The van der Waals surface area contributed by atoms with E-state index < -0.39 is 22.3 Å². The number of carbonyl (C=O) groups is 1. The van der Waals surface area contributed by atoms with Crippen molar-refractivity contribution in [1.82, 2.24) is 0 Å². The lowest BCUT2D eigenvalue weighted by atomic mass is 10.1. The topological polar surface area (TPSA) is 72.2 Å². The number of nitrogens with one attached hydrogen (secondary N) is 1. The molecule has 0 aliphatic heterocycles. The fourth-order valence-electron chi connectivity index (χ4n) is 1.73. The number of amides is 1. The van der Waals surface area contributed by atoms with Gasteiger partial charge in [-0.25, -0.2) is 4.39 Å². The fraction of sp³-hybridized carbons (Fsp3) is 0. The molecule has 2 aromatic carbocycles. The van der Waals surface area contributed by atoms with Gasteiger partial charge in [0.1, 0.15) is 11.4 Å². The average molecular weight is 284 g/mol. The van der Waals surface area contributed by atoms with Crippen LogP contribution < -0.4 is 5.32 Å². The molecular weight excluding hydrogens is 275 g/mol. The normalized spacial score (nSPS) is 9.71. The molecule has 0 aliphatic carbocycles. The molecule has 0 fully saturated rings. The van der Waals surface area contributed by atoms with E-state index in [4.69, 9.17) is 6.42 Å². The summed E-state index contributed by atoms with van der Waals surface area (Å²) in [5.74, 6) is 0.912. The van der Waals surface area contributed by atoms with Crippen LogP contribution in [-0.2, 0) is 0 Å². The van der Waals surface area contributed by atoms with Crippen molar-refractivity contribution in [2.75, 3.05) is 5.32 Å². The van der Waals surface area contributed by atoms with Crippen LogP contribution in [-0.4, -0.2) is 10.8 Å². The third-order valence-corrected chi connectivity index (χ3v) is 2.69. The van der Waals surface area contributed by atoms with Crippen molar-refractivity contribution in [2.45, 2.75) is 0 Å². The maximum Gasteiger partial charge on any atom is 0.285 e. The second-order valence-corrected chi connectivity index (χ2v) is 4.10. The molecule has 0 aromatic heterocycles. The van der Waals surface area contributed by atoms with Crippen molar-refractivity contribution in [3.8, 4) is 12.3 Å². The zero-order valence-electron chi connectivity index (χ0n) is 10.7. The molecule has 0 spiro atoms. The van der Waals surface area contributed by atoms with Crippen molar-refractivity contribution in [3.63, 3.8) is 0 Å². The van der Waals surface area contributed by atoms with Gasteiger partial charge in [0.15, 0.2) is 0 Å². The Morgan fingerprint density at radius 1 is 1.29 bits per heavy atom. The molecule has 6 heteroatoms. The van der Waals surface area contributed by atoms with Crippen molar-refractivity contribution in [1.29, 1.82) is 0 Å². The van der Waals surface area contributed by atoms with Crippen LogP contribution in [0.2, 0.25) is 0 Å². The van der Waals surface area contributed by atoms with Gasteiger partial charge in [-0.15, -0.1) is 6.42 Å². The molecule has 0 saturated carbocycles. The number of hydrogen-bond acceptors (Lipinski definition) is 3. The first-order valence-corrected chi connectivity index (χ1v) is 5.83. The molecule has 0 saturated heterocycles. The Kier molecular flexibility index (Phi) is 3.95. The van der Waals surface area contributed by atoms with Gasteiger partial charge in [0.25, 0.3) is 11.6 Å². The lowest BCUT2D eigenvalue weighted by Crippen LogP contribution is -2.14. The standard InChI is InChI=1S/C15H9FN2O3/c1-2-10-4-3-5-12(8-10)17-15(19)13-7-6-11(16)9-14(13)18(20)21/h1,3-9H,(H,17,19). The summed E-state index contributed by atoms with van der Waals surface area (Å²) in [6.45, 7) is 0. The van der Waals surface area contributed by atoms with E-state index in [9.17, 15) is 19.3 Å². The maximum atomic E-state index is 13.0. The van der Waals surface area contributed by atoms with Crippen LogP contribution >= 0.6 is 0 Å². The Bertz CT molecular complexity index is 766. The van der Waals surface area contributed by atoms with E-state index in [1.807, 2.05) is 0 Å². The molecule has 0 radical (unpaired) electrons. The van der Waals surface area contributed by atoms with E-state index in [0.717, 1.165) is 12.1 Å². The molecule has 2 rings (SSSR count). The van der Waals surface area contributed by atoms with Gasteiger partial charge in [0, 0.05) is 11.3 Å². The van der Waals surface area contributed by atoms with Gasteiger partial charge >= 0.3 is 0 Å². The molecule has 0 atom stereocenters. The molecule has 1 N–H and O–H groups in total. The Morgan fingerprint density at radius 3 is 2.71 bits per heavy atom. The van der Waals surface area contributed by atoms with Gasteiger partial charge in [-0.1, -0.05) is 12.0 Å². The largest absolute Gasteiger partial charge is 0.322 e. The quantitative estimate of drug-likeness (QED) is 0.535. The minimum Gasteiger partial charge on any atom is -0.322 e. The Balaban J connectivity index is 2.32. The van der Waals surface area contributed by atoms with Gasteiger partial charge in [0.05, 0.1) is 11.0 Å². The van der Waals surface area contributed by atoms with E-state index >= 15 is 0 Å². The minimum absolute atomic E-state index is 0.229. The summed E-state index contributed by atoms with van der Waals surface area (Å²) in [7, 11) is 0. The average Bonchev–Trinajstić information content (AvgIpc) is 2.47. The zero-order valence-corrected chi connectivity index (χ0v) is 10.7. The van der Waals surface area contributed by atoms with Crippen molar-refractivity contribution < 1.29 is 14.1 Å². The van der Waals surface area contributed by atoms with Crippen LogP contribution in [0.3, 0.4) is 0 Å². The first-order chi connectivity index (χ1) is 10.0. The molecule has 0 heterocycles. The number of benzene rings is 2. The number of anilines is 1. The van der Waals surface area contributed by atoms with Gasteiger partial charge in [-0.2, -0.15) is 0 Å². The highest BCUT2D eigenvalue weighted by Crippen LogP contribution is 2.21. The summed E-state index contributed by atoms with van der Waals surface area (Å²) in [5.41, 5.74) is 0.128. The number of terminal acetylenes is 1. The van der Waals surface area contributed by atoms with Crippen LogP contribution in [0.5, 0.6) is 0 Å². The van der Waals surface area contributed by atoms with E-state index in [2.05, 4.69) is 11.2 Å². The molecule has 0 bridgehead atoms. The van der Waals surface area contributed by atoms with Crippen LogP contribution in [0.4, 0.5) is 15.8 Å². The first-order valence-electron chi connectivity index (χ1n) is 5.83. The van der Waals surface area contributed by atoms with Crippen molar-refractivity contribution >= 4 is 17.3 Å². The van der Waals surface area contributed by atoms with E-state index in [1.165, 1.54) is 0 Å². The Morgan fingerprint density at radius 2 is 2.05 bits per heavy atom. The second-order valence-electron chi connectivity index (χ2n) is 4.10. The number of nitro benzene ring substituents is 1. The summed E-state index contributed by atoms with van der Waals surface area (Å²) < 4.78 is 13.0. The molecule has 21 heavy (non-hydrogen) atoms. The fourth-order valence-corrected chi connectivity index (χ4v) is 1.73. The Hall–Kier alpha value is -3.20.